The van der Waals surface area contributed by atoms with Crippen LogP contribution in [0.2, 0.25) is 0 Å². The molecule has 2 N–H and O–H groups in total. The summed E-state index contributed by atoms with van der Waals surface area (Å²) in [6, 6.07) is 0.425. The molecule has 0 bridgehead atoms. The maximum absolute atomic E-state index is 9.58. The number of aliphatic hydroxyl groups is 1. The molecule has 1 saturated heterocycles. The highest BCUT2D eigenvalue weighted by atomic mass is 16.3. The van der Waals surface area contributed by atoms with Crippen LogP contribution in [0.1, 0.15) is 53.4 Å². The van der Waals surface area contributed by atoms with E-state index in [4.69, 9.17) is 0 Å². The molecule has 0 aromatic carbocycles. The van der Waals surface area contributed by atoms with Crippen LogP contribution in [-0.2, 0) is 0 Å². The van der Waals surface area contributed by atoms with Gasteiger partial charge in [0.25, 0.3) is 0 Å². The Balaban J connectivity index is 2.14. The molecule has 0 aromatic rings. The van der Waals surface area contributed by atoms with Crippen LogP contribution in [0.3, 0.4) is 0 Å². The number of nitrogens with zero attached hydrogens (tertiary/aromatic N) is 2. The molecule has 4 heteroatoms. The lowest BCUT2D eigenvalue weighted by Gasteiger charge is -2.35. The van der Waals surface area contributed by atoms with Crippen molar-refractivity contribution >= 4 is 0 Å². The fourth-order valence-corrected chi connectivity index (χ4v) is 3.30. The van der Waals surface area contributed by atoms with Gasteiger partial charge >= 0.3 is 0 Å². The number of aliphatic hydroxyl groups excluding tert-OH is 1. The van der Waals surface area contributed by atoms with E-state index in [1.165, 1.54) is 58.5 Å². The van der Waals surface area contributed by atoms with Gasteiger partial charge < -0.3 is 20.2 Å². The number of hydrogen-bond acceptors (Lipinski definition) is 4. The minimum absolute atomic E-state index is 0.117. The van der Waals surface area contributed by atoms with Crippen LogP contribution in [-0.4, -0.2) is 72.4 Å². The average molecular weight is 300 g/mol. The van der Waals surface area contributed by atoms with Gasteiger partial charge in [-0.3, -0.25) is 0 Å². The first-order valence-corrected chi connectivity index (χ1v) is 8.82. The predicted octanol–water partition coefficient (Wildman–Crippen LogP) is 1.93. The second-order valence-electron chi connectivity index (χ2n) is 7.16. The predicted molar refractivity (Wildman–Crippen MR) is 90.8 cm³/mol. The van der Waals surface area contributed by atoms with Crippen molar-refractivity contribution in [3.8, 4) is 0 Å². The second kappa shape index (κ2) is 9.78. The molecular formula is C17H37N3O. The number of unbranched alkanes of at least 4 members (excludes halogenated alkanes) is 1. The third-order valence-electron chi connectivity index (χ3n) is 4.44. The fourth-order valence-electron chi connectivity index (χ4n) is 3.30. The molecule has 1 aliphatic heterocycles. The summed E-state index contributed by atoms with van der Waals surface area (Å²) in [4.78, 5) is 5.17. The van der Waals surface area contributed by atoms with Gasteiger partial charge in [-0.25, -0.2) is 0 Å². The van der Waals surface area contributed by atoms with E-state index in [0.717, 1.165) is 6.42 Å². The summed E-state index contributed by atoms with van der Waals surface area (Å²) < 4.78 is 0. The molecule has 1 fully saturated rings. The van der Waals surface area contributed by atoms with Crippen molar-refractivity contribution in [1.82, 2.24) is 15.1 Å². The van der Waals surface area contributed by atoms with Crippen molar-refractivity contribution in [3.05, 3.63) is 0 Å². The zero-order valence-electron chi connectivity index (χ0n) is 14.7. The Hall–Kier alpha value is -0.160. The maximum Gasteiger partial charge on any atom is 0.0610 e. The maximum atomic E-state index is 9.58. The van der Waals surface area contributed by atoms with Crippen molar-refractivity contribution in [2.45, 2.75) is 65.0 Å². The lowest BCUT2D eigenvalue weighted by molar-refractivity contribution is 0.126. The molecule has 0 amide bonds. The zero-order chi connectivity index (χ0) is 15.7. The first-order chi connectivity index (χ1) is 9.99. The summed E-state index contributed by atoms with van der Waals surface area (Å²) in [5.74, 6) is 0. The summed E-state index contributed by atoms with van der Waals surface area (Å²) in [5, 5.41) is 13.1. The minimum Gasteiger partial charge on any atom is -0.394 e. The van der Waals surface area contributed by atoms with Crippen LogP contribution in [0, 0.1) is 0 Å². The molecule has 0 spiro atoms. The van der Waals surface area contributed by atoms with E-state index in [1.807, 2.05) is 0 Å². The van der Waals surface area contributed by atoms with Gasteiger partial charge in [0, 0.05) is 37.8 Å². The van der Waals surface area contributed by atoms with Gasteiger partial charge in [-0.1, -0.05) is 27.2 Å². The Morgan fingerprint density at radius 2 is 1.62 bits per heavy atom. The quantitative estimate of drug-likeness (QED) is 0.605. The Kier molecular flexibility index (Phi) is 8.79. The van der Waals surface area contributed by atoms with Gasteiger partial charge in [0.05, 0.1) is 6.61 Å². The molecule has 0 saturated carbocycles. The molecule has 0 aromatic heterocycles. The number of hydrogen-bond donors (Lipinski definition) is 2. The summed E-state index contributed by atoms with van der Waals surface area (Å²) in [5.41, 5.74) is -0.117. The molecule has 1 atom stereocenters. The normalized spacial score (nSPS) is 20.9. The standard InChI is InChI=1S/C17H37N3O/c1-5-9-19-11-13-20(14-12-19)10-7-6-8-17(4,15-21)18-16(2)3/h16,18,21H,5-15H2,1-4H3. The lowest BCUT2D eigenvalue weighted by atomic mass is 9.94. The third-order valence-corrected chi connectivity index (χ3v) is 4.44. The van der Waals surface area contributed by atoms with Gasteiger partial charge in [-0.15, -0.1) is 0 Å². The van der Waals surface area contributed by atoms with Crippen molar-refractivity contribution in [2.75, 3.05) is 45.9 Å². The third kappa shape index (κ3) is 7.59. The SMILES string of the molecule is CCCN1CCN(CCCCC(C)(CO)NC(C)C)CC1. The summed E-state index contributed by atoms with van der Waals surface area (Å²) in [6.07, 6.45) is 4.75. The van der Waals surface area contributed by atoms with E-state index in [0.29, 0.717) is 6.04 Å². The second-order valence-corrected chi connectivity index (χ2v) is 7.16. The molecule has 0 radical (unpaired) electrons. The molecule has 0 aliphatic carbocycles. The van der Waals surface area contributed by atoms with Crippen LogP contribution < -0.4 is 5.32 Å². The number of nitrogens with one attached hydrogen (secondary N) is 1. The summed E-state index contributed by atoms with van der Waals surface area (Å²) in [6.45, 7) is 16.3. The number of rotatable bonds is 10. The molecule has 1 unspecified atom stereocenters. The summed E-state index contributed by atoms with van der Waals surface area (Å²) >= 11 is 0. The van der Waals surface area contributed by atoms with Gasteiger partial charge in [-0.05, 0) is 39.3 Å². The van der Waals surface area contributed by atoms with Crippen molar-refractivity contribution < 1.29 is 5.11 Å². The first kappa shape index (κ1) is 18.9. The molecule has 1 rings (SSSR count). The van der Waals surface area contributed by atoms with Gasteiger partial charge in [0.1, 0.15) is 0 Å². The molecule has 4 nitrogen and oxygen atoms in total. The van der Waals surface area contributed by atoms with Crippen LogP contribution in [0.4, 0.5) is 0 Å². The van der Waals surface area contributed by atoms with Gasteiger partial charge in [-0.2, -0.15) is 0 Å². The molecule has 21 heavy (non-hydrogen) atoms. The summed E-state index contributed by atoms with van der Waals surface area (Å²) in [7, 11) is 0. The highest BCUT2D eigenvalue weighted by Crippen LogP contribution is 2.15. The van der Waals surface area contributed by atoms with E-state index in [-0.39, 0.29) is 12.1 Å². The van der Waals surface area contributed by atoms with Crippen molar-refractivity contribution in [1.29, 1.82) is 0 Å². The highest BCUT2D eigenvalue weighted by Gasteiger charge is 2.23. The van der Waals surface area contributed by atoms with E-state index in [1.54, 1.807) is 0 Å². The van der Waals surface area contributed by atoms with Crippen molar-refractivity contribution in [2.24, 2.45) is 0 Å². The Bertz CT molecular complexity index is 265. The monoisotopic (exact) mass is 299 g/mol. The molecule has 126 valence electrons. The van der Waals surface area contributed by atoms with Crippen LogP contribution in [0.15, 0.2) is 0 Å². The topological polar surface area (TPSA) is 38.7 Å². The minimum atomic E-state index is -0.117. The average Bonchev–Trinajstić information content (AvgIpc) is 2.45. The van der Waals surface area contributed by atoms with Crippen LogP contribution >= 0.6 is 0 Å². The zero-order valence-corrected chi connectivity index (χ0v) is 14.7. The molecule has 1 heterocycles. The number of piperazine rings is 1. The van der Waals surface area contributed by atoms with Gasteiger partial charge in [0.15, 0.2) is 0 Å². The first-order valence-electron chi connectivity index (χ1n) is 8.82. The Morgan fingerprint density at radius 3 is 2.10 bits per heavy atom. The van der Waals surface area contributed by atoms with Crippen molar-refractivity contribution in [3.63, 3.8) is 0 Å². The lowest BCUT2D eigenvalue weighted by Crippen LogP contribution is -2.49. The Labute approximate surface area is 131 Å². The highest BCUT2D eigenvalue weighted by molar-refractivity contribution is 4.84. The van der Waals surface area contributed by atoms with Crippen LogP contribution in [0.5, 0.6) is 0 Å². The van der Waals surface area contributed by atoms with E-state index in [9.17, 15) is 5.11 Å². The Morgan fingerprint density at radius 1 is 1.05 bits per heavy atom. The smallest absolute Gasteiger partial charge is 0.0610 e. The van der Waals surface area contributed by atoms with E-state index in [2.05, 4.69) is 42.8 Å². The van der Waals surface area contributed by atoms with Gasteiger partial charge in [0.2, 0.25) is 0 Å². The molecule has 1 aliphatic rings. The molecular weight excluding hydrogens is 262 g/mol. The largest absolute Gasteiger partial charge is 0.394 e. The fraction of sp³-hybridized carbons (Fsp3) is 1.00. The van der Waals surface area contributed by atoms with Crippen LogP contribution in [0.25, 0.3) is 0 Å². The van der Waals surface area contributed by atoms with E-state index >= 15 is 0 Å². The van der Waals surface area contributed by atoms with E-state index < -0.39 is 0 Å².